The van der Waals surface area contributed by atoms with E-state index in [9.17, 15) is 0 Å². The lowest BCUT2D eigenvalue weighted by Crippen LogP contribution is -2.53. The summed E-state index contributed by atoms with van der Waals surface area (Å²) in [6.07, 6.45) is 7.74. The van der Waals surface area contributed by atoms with Crippen LogP contribution in [0.15, 0.2) is 65.7 Å². The van der Waals surface area contributed by atoms with E-state index in [-0.39, 0.29) is 0 Å². The van der Waals surface area contributed by atoms with Gasteiger partial charge in [-0.2, -0.15) is 0 Å². The van der Waals surface area contributed by atoms with Crippen molar-refractivity contribution in [1.29, 1.82) is 0 Å². The predicted octanol–water partition coefficient (Wildman–Crippen LogP) is 5.91. The molecule has 0 aromatic heterocycles. The fraction of sp³-hybridized carbons (Fsp3) is 0.519. The molecular weight excluding hydrogens is 352 g/mol. The highest BCUT2D eigenvalue weighted by Crippen LogP contribution is 2.54. The van der Waals surface area contributed by atoms with Gasteiger partial charge in [-0.05, 0) is 81.0 Å². The molecule has 0 unspecified atom stereocenters. The lowest BCUT2D eigenvalue weighted by molar-refractivity contribution is 0.0449. The molecule has 1 saturated heterocycles. The SMILES string of the molecule is CN1CCC[C@@H]2[C@H](c3ccccc3)[C@H](C3=NCCCC3)[C@@H](c3ccccc3)C[C@H]21. The van der Waals surface area contributed by atoms with Gasteiger partial charge in [0.2, 0.25) is 0 Å². The Bertz CT molecular complexity index is 828. The van der Waals surface area contributed by atoms with Gasteiger partial charge in [0.1, 0.15) is 0 Å². The monoisotopic (exact) mass is 386 g/mol. The van der Waals surface area contributed by atoms with Crippen molar-refractivity contribution in [3.8, 4) is 0 Å². The lowest BCUT2D eigenvalue weighted by atomic mass is 9.56. The first-order chi connectivity index (χ1) is 14.3. The summed E-state index contributed by atoms with van der Waals surface area (Å²) in [5.74, 6) is 2.44. The van der Waals surface area contributed by atoms with Crippen LogP contribution in [0.3, 0.4) is 0 Å². The number of benzene rings is 2. The third-order valence-electron chi connectivity index (χ3n) is 7.84. The predicted molar refractivity (Wildman–Crippen MR) is 122 cm³/mol. The number of likely N-dealkylation sites (tertiary alicyclic amines) is 1. The maximum Gasteiger partial charge on any atom is 0.0388 e. The van der Waals surface area contributed by atoms with Gasteiger partial charge in [-0.1, -0.05) is 60.7 Å². The van der Waals surface area contributed by atoms with Crippen LogP contribution in [0.25, 0.3) is 0 Å². The smallest absolute Gasteiger partial charge is 0.0388 e. The molecule has 0 radical (unpaired) electrons. The molecular formula is C27H34N2. The van der Waals surface area contributed by atoms with Crippen LogP contribution in [0.2, 0.25) is 0 Å². The molecule has 2 aromatic rings. The third-order valence-corrected chi connectivity index (χ3v) is 7.84. The molecule has 2 heterocycles. The molecule has 3 aliphatic rings. The van der Waals surface area contributed by atoms with E-state index in [1.807, 2.05) is 0 Å². The fourth-order valence-corrected chi connectivity index (χ4v) is 6.56. The molecule has 0 spiro atoms. The van der Waals surface area contributed by atoms with Crippen LogP contribution >= 0.6 is 0 Å². The minimum atomic E-state index is 0.549. The summed E-state index contributed by atoms with van der Waals surface area (Å²) in [6, 6.07) is 23.4. The Morgan fingerprint density at radius 1 is 0.828 bits per heavy atom. The second-order valence-corrected chi connectivity index (χ2v) is 9.40. The first kappa shape index (κ1) is 19.1. The molecule has 152 valence electrons. The standard InChI is InChI=1S/C27H34N2/c1-29-18-10-15-22-25(29)19-23(20-11-4-2-5-12-20)27(24-16-8-9-17-28-24)26(22)21-13-6-3-7-14-21/h2-7,11-14,22-23,25-27H,8-10,15-19H2,1H3/t22-,23+,25+,26-,27-/m0/s1. The molecule has 2 aromatic carbocycles. The quantitative estimate of drug-likeness (QED) is 0.640. The zero-order chi connectivity index (χ0) is 19.6. The summed E-state index contributed by atoms with van der Waals surface area (Å²) in [6.45, 7) is 2.28. The fourth-order valence-electron chi connectivity index (χ4n) is 6.56. The Balaban J connectivity index is 1.64. The molecule has 0 bridgehead atoms. The van der Waals surface area contributed by atoms with E-state index in [2.05, 4.69) is 72.6 Å². The number of piperidine rings is 1. The summed E-state index contributed by atoms with van der Waals surface area (Å²) in [5, 5.41) is 0. The summed E-state index contributed by atoms with van der Waals surface area (Å²) >= 11 is 0. The van der Waals surface area contributed by atoms with Crippen molar-refractivity contribution in [2.24, 2.45) is 16.8 Å². The van der Waals surface area contributed by atoms with Gasteiger partial charge in [0.25, 0.3) is 0 Å². The van der Waals surface area contributed by atoms with Crippen molar-refractivity contribution in [3.63, 3.8) is 0 Å². The van der Waals surface area contributed by atoms with Crippen LogP contribution in [0.1, 0.15) is 61.5 Å². The van der Waals surface area contributed by atoms with E-state index in [0.717, 1.165) is 12.5 Å². The molecule has 1 aliphatic carbocycles. The number of hydrogen-bond acceptors (Lipinski definition) is 2. The molecule has 0 amide bonds. The van der Waals surface area contributed by atoms with Crippen molar-refractivity contribution in [1.82, 2.24) is 4.90 Å². The Hall–Kier alpha value is -1.93. The largest absolute Gasteiger partial charge is 0.303 e. The van der Waals surface area contributed by atoms with Crippen LogP contribution in [-0.2, 0) is 0 Å². The van der Waals surface area contributed by atoms with E-state index in [1.165, 1.54) is 61.9 Å². The molecule has 2 nitrogen and oxygen atoms in total. The molecule has 2 fully saturated rings. The van der Waals surface area contributed by atoms with Crippen molar-refractivity contribution < 1.29 is 0 Å². The summed E-state index contributed by atoms with van der Waals surface area (Å²) in [5.41, 5.74) is 4.58. The highest BCUT2D eigenvalue weighted by atomic mass is 15.1. The van der Waals surface area contributed by atoms with Crippen molar-refractivity contribution in [3.05, 3.63) is 71.8 Å². The highest BCUT2D eigenvalue weighted by molar-refractivity contribution is 5.89. The average molecular weight is 387 g/mol. The normalized spacial score (nSPS) is 33.0. The van der Waals surface area contributed by atoms with Gasteiger partial charge < -0.3 is 4.90 Å². The number of nitrogens with zero attached hydrogens (tertiary/aromatic N) is 2. The Morgan fingerprint density at radius 3 is 2.24 bits per heavy atom. The number of hydrogen-bond donors (Lipinski definition) is 0. The third kappa shape index (κ3) is 3.68. The number of fused-ring (bicyclic) bond motifs is 1. The summed E-state index contributed by atoms with van der Waals surface area (Å²) < 4.78 is 0. The van der Waals surface area contributed by atoms with Gasteiger partial charge in [0.05, 0.1) is 0 Å². The molecule has 5 rings (SSSR count). The van der Waals surface area contributed by atoms with E-state index in [1.54, 1.807) is 0 Å². The summed E-state index contributed by atoms with van der Waals surface area (Å²) in [7, 11) is 2.36. The Labute approximate surface area is 176 Å². The maximum atomic E-state index is 5.16. The number of aliphatic imine (C=N–C) groups is 1. The van der Waals surface area contributed by atoms with Crippen LogP contribution < -0.4 is 0 Å². The van der Waals surface area contributed by atoms with Gasteiger partial charge in [0.15, 0.2) is 0 Å². The first-order valence-corrected chi connectivity index (χ1v) is 11.7. The highest BCUT2D eigenvalue weighted by Gasteiger charge is 2.49. The Morgan fingerprint density at radius 2 is 1.55 bits per heavy atom. The molecule has 29 heavy (non-hydrogen) atoms. The zero-order valence-corrected chi connectivity index (χ0v) is 17.7. The lowest BCUT2D eigenvalue weighted by Gasteiger charge is -2.53. The van der Waals surface area contributed by atoms with E-state index < -0.39 is 0 Å². The topological polar surface area (TPSA) is 15.6 Å². The molecule has 2 aliphatic heterocycles. The Kier molecular flexibility index (Phi) is 5.54. The number of rotatable bonds is 3. The molecule has 2 heteroatoms. The maximum absolute atomic E-state index is 5.16. The summed E-state index contributed by atoms with van der Waals surface area (Å²) in [4.78, 5) is 7.83. The van der Waals surface area contributed by atoms with Crippen molar-refractivity contribution in [2.75, 3.05) is 20.1 Å². The molecule has 5 atom stereocenters. The van der Waals surface area contributed by atoms with Gasteiger partial charge in [-0.25, -0.2) is 0 Å². The minimum absolute atomic E-state index is 0.549. The average Bonchev–Trinajstić information content (AvgIpc) is 2.80. The van der Waals surface area contributed by atoms with Crippen molar-refractivity contribution in [2.45, 2.75) is 56.4 Å². The van der Waals surface area contributed by atoms with Crippen LogP contribution in [0, 0.1) is 11.8 Å². The van der Waals surface area contributed by atoms with Crippen LogP contribution in [0.5, 0.6) is 0 Å². The van der Waals surface area contributed by atoms with Crippen LogP contribution in [-0.4, -0.2) is 36.8 Å². The second kappa shape index (κ2) is 8.44. The molecule has 1 saturated carbocycles. The van der Waals surface area contributed by atoms with Gasteiger partial charge >= 0.3 is 0 Å². The van der Waals surface area contributed by atoms with Crippen molar-refractivity contribution >= 4 is 5.71 Å². The minimum Gasteiger partial charge on any atom is -0.303 e. The van der Waals surface area contributed by atoms with Gasteiger partial charge in [0, 0.05) is 24.2 Å². The van der Waals surface area contributed by atoms with Gasteiger partial charge in [-0.15, -0.1) is 0 Å². The van der Waals surface area contributed by atoms with Crippen LogP contribution in [0.4, 0.5) is 0 Å². The zero-order valence-electron chi connectivity index (χ0n) is 17.7. The van der Waals surface area contributed by atoms with E-state index in [0.29, 0.717) is 23.8 Å². The first-order valence-electron chi connectivity index (χ1n) is 11.7. The van der Waals surface area contributed by atoms with Gasteiger partial charge in [-0.3, -0.25) is 4.99 Å². The molecule has 0 N–H and O–H groups in total. The second-order valence-electron chi connectivity index (χ2n) is 9.40. The van der Waals surface area contributed by atoms with E-state index in [4.69, 9.17) is 4.99 Å². The van der Waals surface area contributed by atoms with E-state index >= 15 is 0 Å².